The Kier molecular flexibility index (Phi) is 7.05. The number of nitrogens with zero attached hydrogens (tertiary/aromatic N) is 2. The van der Waals surface area contributed by atoms with Crippen molar-refractivity contribution in [2.24, 2.45) is 5.92 Å². The fourth-order valence-electron chi connectivity index (χ4n) is 4.39. The summed E-state index contributed by atoms with van der Waals surface area (Å²) in [4.78, 5) is 15.3. The smallest absolute Gasteiger partial charge is 0.251 e. The molecule has 0 bridgehead atoms. The summed E-state index contributed by atoms with van der Waals surface area (Å²) in [6.07, 6.45) is 3.95. The maximum atomic E-state index is 12.6. The van der Waals surface area contributed by atoms with Crippen LogP contribution >= 0.6 is 0 Å². The van der Waals surface area contributed by atoms with Crippen molar-refractivity contribution in [1.82, 2.24) is 14.5 Å². The van der Waals surface area contributed by atoms with Crippen LogP contribution in [0.3, 0.4) is 0 Å². The molecule has 0 aromatic heterocycles. The maximum Gasteiger partial charge on any atom is 0.251 e. The van der Waals surface area contributed by atoms with Gasteiger partial charge in [-0.05, 0) is 74.5 Å². The first-order valence-corrected chi connectivity index (χ1v) is 12.6. The van der Waals surface area contributed by atoms with E-state index in [0.717, 1.165) is 45.3 Å². The van der Waals surface area contributed by atoms with Crippen LogP contribution in [0.4, 0.5) is 0 Å². The lowest BCUT2D eigenvalue weighted by Gasteiger charge is -2.32. The van der Waals surface area contributed by atoms with Crippen LogP contribution in [-0.4, -0.2) is 56.3 Å². The number of hydrogen-bond acceptors (Lipinski definition) is 4. The maximum absolute atomic E-state index is 12.6. The first-order chi connectivity index (χ1) is 15.0. The molecule has 0 unspecified atom stereocenters. The molecule has 0 aliphatic carbocycles. The average Bonchev–Trinajstić information content (AvgIpc) is 3.35. The van der Waals surface area contributed by atoms with Crippen LogP contribution in [0.5, 0.6) is 0 Å². The summed E-state index contributed by atoms with van der Waals surface area (Å²) in [7, 11) is -3.44. The monoisotopic (exact) mass is 441 g/mol. The molecule has 31 heavy (non-hydrogen) atoms. The van der Waals surface area contributed by atoms with E-state index in [1.807, 2.05) is 6.07 Å². The second-order valence-electron chi connectivity index (χ2n) is 8.55. The summed E-state index contributed by atoms with van der Waals surface area (Å²) >= 11 is 0. The van der Waals surface area contributed by atoms with E-state index < -0.39 is 10.0 Å². The quantitative estimate of drug-likeness (QED) is 0.717. The highest BCUT2D eigenvalue weighted by atomic mass is 32.2. The highest BCUT2D eigenvalue weighted by Gasteiger charge is 2.27. The SMILES string of the molecule is O=C(NCC1CCN(Cc2ccccc2)CC1)c1ccc(S(=O)(=O)N2CCCC2)cc1. The van der Waals surface area contributed by atoms with Gasteiger partial charge in [0, 0.05) is 31.7 Å². The van der Waals surface area contributed by atoms with Crippen LogP contribution in [0.25, 0.3) is 0 Å². The average molecular weight is 442 g/mol. The summed E-state index contributed by atoms with van der Waals surface area (Å²) in [6, 6.07) is 16.8. The highest BCUT2D eigenvalue weighted by molar-refractivity contribution is 7.89. The number of sulfonamides is 1. The Morgan fingerprint density at radius 3 is 2.19 bits per heavy atom. The Balaban J connectivity index is 1.24. The van der Waals surface area contributed by atoms with Crippen molar-refractivity contribution in [2.45, 2.75) is 37.1 Å². The number of benzene rings is 2. The van der Waals surface area contributed by atoms with Crippen molar-refractivity contribution in [3.63, 3.8) is 0 Å². The molecular weight excluding hydrogens is 410 g/mol. The minimum Gasteiger partial charge on any atom is -0.352 e. The molecule has 7 heteroatoms. The Morgan fingerprint density at radius 2 is 1.55 bits per heavy atom. The van der Waals surface area contributed by atoms with E-state index in [0.29, 0.717) is 31.1 Å². The predicted octanol–water partition coefficient (Wildman–Crippen LogP) is 3.11. The number of likely N-dealkylation sites (tertiary alicyclic amines) is 1. The summed E-state index contributed by atoms with van der Waals surface area (Å²) in [5.41, 5.74) is 1.84. The van der Waals surface area contributed by atoms with Gasteiger partial charge in [0.15, 0.2) is 0 Å². The summed E-state index contributed by atoms with van der Waals surface area (Å²) in [5, 5.41) is 3.03. The van der Waals surface area contributed by atoms with Crippen LogP contribution in [0.2, 0.25) is 0 Å². The van der Waals surface area contributed by atoms with Crippen LogP contribution in [0, 0.1) is 5.92 Å². The minimum absolute atomic E-state index is 0.142. The molecule has 1 amide bonds. The number of amides is 1. The molecule has 2 aromatic carbocycles. The van der Waals surface area contributed by atoms with Gasteiger partial charge in [-0.2, -0.15) is 4.31 Å². The fraction of sp³-hybridized carbons (Fsp3) is 0.458. The third-order valence-electron chi connectivity index (χ3n) is 6.33. The van der Waals surface area contributed by atoms with Crippen molar-refractivity contribution < 1.29 is 13.2 Å². The van der Waals surface area contributed by atoms with E-state index in [-0.39, 0.29) is 10.8 Å². The van der Waals surface area contributed by atoms with Crippen molar-refractivity contribution in [2.75, 3.05) is 32.7 Å². The Labute approximate surface area is 185 Å². The molecule has 2 aliphatic heterocycles. The third-order valence-corrected chi connectivity index (χ3v) is 8.24. The molecule has 0 saturated carbocycles. The zero-order chi connectivity index (χ0) is 21.7. The van der Waals surface area contributed by atoms with Gasteiger partial charge in [0.25, 0.3) is 5.91 Å². The normalized spacial score (nSPS) is 18.8. The molecule has 166 valence electrons. The molecule has 0 spiro atoms. The Morgan fingerprint density at radius 1 is 0.903 bits per heavy atom. The first-order valence-electron chi connectivity index (χ1n) is 11.2. The van der Waals surface area contributed by atoms with Crippen LogP contribution < -0.4 is 5.32 Å². The van der Waals surface area contributed by atoms with Gasteiger partial charge in [-0.3, -0.25) is 9.69 Å². The lowest BCUT2D eigenvalue weighted by molar-refractivity contribution is 0.0935. The van der Waals surface area contributed by atoms with E-state index in [9.17, 15) is 13.2 Å². The zero-order valence-electron chi connectivity index (χ0n) is 17.9. The number of nitrogens with one attached hydrogen (secondary N) is 1. The van der Waals surface area contributed by atoms with Gasteiger partial charge in [-0.1, -0.05) is 30.3 Å². The molecule has 0 atom stereocenters. The van der Waals surface area contributed by atoms with E-state index >= 15 is 0 Å². The summed E-state index contributed by atoms with van der Waals surface area (Å²) < 4.78 is 26.7. The highest BCUT2D eigenvalue weighted by Crippen LogP contribution is 2.22. The number of rotatable bonds is 7. The molecule has 2 saturated heterocycles. The molecule has 2 aliphatic rings. The minimum atomic E-state index is -3.44. The summed E-state index contributed by atoms with van der Waals surface area (Å²) in [5.74, 6) is 0.336. The van der Waals surface area contributed by atoms with Gasteiger partial charge in [0.2, 0.25) is 10.0 Å². The number of carbonyl (C=O) groups excluding carboxylic acids is 1. The van der Waals surface area contributed by atoms with Gasteiger partial charge < -0.3 is 5.32 Å². The second-order valence-corrected chi connectivity index (χ2v) is 10.5. The molecule has 2 aromatic rings. The summed E-state index contributed by atoms with van der Waals surface area (Å²) in [6.45, 7) is 4.87. The molecule has 1 N–H and O–H groups in total. The van der Waals surface area contributed by atoms with E-state index in [2.05, 4.69) is 34.5 Å². The Bertz CT molecular complexity index is 963. The molecule has 2 heterocycles. The van der Waals surface area contributed by atoms with Crippen molar-refractivity contribution in [3.05, 3.63) is 65.7 Å². The molecule has 0 radical (unpaired) electrons. The van der Waals surface area contributed by atoms with E-state index in [1.54, 1.807) is 24.3 Å². The van der Waals surface area contributed by atoms with Gasteiger partial charge in [0.1, 0.15) is 0 Å². The first kappa shape index (κ1) is 22.0. The van der Waals surface area contributed by atoms with Gasteiger partial charge >= 0.3 is 0 Å². The van der Waals surface area contributed by atoms with E-state index in [1.165, 1.54) is 9.87 Å². The van der Waals surface area contributed by atoms with Crippen LogP contribution in [0.15, 0.2) is 59.5 Å². The molecule has 4 rings (SSSR count). The van der Waals surface area contributed by atoms with Crippen molar-refractivity contribution in [1.29, 1.82) is 0 Å². The van der Waals surface area contributed by atoms with Gasteiger partial charge in [-0.25, -0.2) is 8.42 Å². The predicted molar refractivity (Wildman–Crippen MR) is 121 cm³/mol. The third kappa shape index (κ3) is 5.53. The lowest BCUT2D eigenvalue weighted by Crippen LogP contribution is -2.38. The van der Waals surface area contributed by atoms with Crippen LogP contribution in [0.1, 0.15) is 41.6 Å². The number of carbonyl (C=O) groups is 1. The molecular formula is C24H31N3O3S. The Hall–Kier alpha value is -2.22. The lowest BCUT2D eigenvalue weighted by atomic mass is 9.96. The standard InChI is InChI=1S/C24H31N3O3S/c28-24(22-8-10-23(11-9-22)31(29,30)27-14-4-5-15-27)25-18-20-12-16-26(17-13-20)19-21-6-2-1-3-7-21/h1-3,6-11,20H,4-5,12-19H2,(H,25,28). The fourth-order valence-corrected chi connectivity index (χ4v) is 5.90. The largest absolute Gasteiger partial charge is 0.352 e. The second kappa shape index (κ2) is 9.94. The topological polar surface area (TPSA) is 69.7 Å². The molecule has 6 nitrogen and oxygen atoms in total. The van der Waals surface area contributed by atoms with Gasteiger partial charge in [-0.15, -0.1) is 0 Å². The van der Waals surface area contributed by atoms with Crippen molar-refractivity contribution >= 4 is 15.9 Å². The van der Waals surface area contributed by atoms with Crippen molar-refractivity contribution in [3.8, 4) is 0 Å². The molecule has 2 fully saturated rings. The number of piperidine rings is 1. The van der Waals surface area contributed by atoms with E-state index in [4.69, 9.17) is 0 Å². The van der Waals surface area contributed by atoms with Crippen LogP contribution in [-0.2, 0) is 16.6 Å². The van der Waals surface area contributed by atoms with Gasteiger partial charge in [0.05, 0.1) is 4.90 Å². The number of hydrogen-bond donors (Lipinski definition) is 1. The zero-order valence-corrected chi connectivity index (χ0v) is 18.7.